The molecular formula is C64H50N4. The summed E-state index contributed by atoms with van der Waals surface area (Å²) in [6.07, 6.45) is 0. The highest BCUT2D eigenvalue weighted by Crippen LogP contribution is 2.51. The molecule has 68 heavy (non-hydrogen) atoms. The van der Waals surface area contributed by atoms with Crippen molar-refractivity contribution in [2.24, 2.45) is 9.98 Å². The second kappa shape index (κ2) is 18.1. The van der Waals surface area contributed by atoms with Crippen LogP contribution in [0.1, 0.15) is 67.0 Å². The molecule has 0 N–H and O–H groups in total. The monoisotopic (exact) mass is 874 g/mol. The van der Waals surface area contributed by atoms with Gasteiger partial charge in [0.15, 0.2) is 0 Å². The van der Waals surface area contributed by atoms with Gasteiger partial charge >= 0.3 is 0 Å². The maximum absolute atomic E-state index is 6.08. The molecule has 1 aliphatic carbocycles. The van der Waals surface area contributed by atoms with Crippen molar-refractivity contribution in [2.75, 3.05) is 0 Å². The largest absolute Gasteiger partial charge is 0.272 e. The van der Waals surface area contributed by atoms with Crippen molar-refractivity contribution in [3.63, 3.8) is 0 Å². The van der Waals surface area contributed by atoms with Crippen LogP contribution in [-0.4, -0.2) is 33.5 Å². The third-order valence-corrected chi connectivity index (χ3v) is 13.1. The molecule has 8 aromatic carbocycles. The molecule has 2 aliphatic rings. The lowest BCUT2D eigenvalue weighted by molar-refractivity contribution is 0.712. The molecule has 0 fully saturated rings. The molecule has 4 nitrogen and oxygen atoms in total. The van der Waals surface area contributed by atoms with Gasteiger partial charge in [-0.1, -0.05) is 241 Å². The Morgan fingerprint density at radius 3 is 0.794 bits per heavy atom. The van der Waals surface area contributed by atoms with Crippen molar-refractivity contribution in [3.8, 4) is 22.5 Å². The maximum atomic E-state index is 6.08. The van der Waals surface area contributed by atoms with E-state index in [0.717, 1.165) is 101 Å². The van der Waals surface area contributed by atoms with Crippen molar-refractivity contribution in [2.45, 2.75) is 39.8 Å². The number of fused-ring (bicyclic) bond motifs is 2. The molecule has 4 heteroatoms. The van der Waals surface area contributed by atoms with E-state index in [9.17, 15) is 0 Å². The van der Waals surface area contributed by atoms with Gasteiger partial charge < -0.3 is 0 Å². The molecule has 0 amide bonds. The van der Waals surface area contributed by atoms with Crippen LogP contribution in [0.15, 0.2) is 228 Å². The highest BCUT2D eigenvalue weighted by molar-refractivity contribution is 6.54. The minimum atomic E-state index is -0.524. The Morgan fingerprint density at radius 1 is 0.279 bits per heavy atom. The lowest BCUT2D eigenvalue weighted by Crippen LogP contribution is -2.40. The quantitative estimate of drug-likeness (QED) is 0.153. The summed E-state index contributed by atoms with van der Waals surface area (Å²) in [5.74, 6) is 0. The van der Waals surface area contributed by atoms with Crippen molar-refractivity contribution in [3.05, 3.63) is 285 Å². The molecule has 0 radical (unpaired) electrons. The van der Waals surface area contributed by atoms with E-state index in [1.165, 1.54) is 22.3 Å². The number of aryl methyl sites for hydroxylation is 4. The molecule has 0 saturated heterocycles. The summed E-state index contributed by atoms with van der Waals surface area (Å²) in [5, 5.41) is 0. The van der Waals surface area contributed by atoms with E-state index >= 15 is 0 Å². The van der Waals surface area contributed by atoms with Gasteiger partial charge in [0.25, 0.3) is 0 Å². The van der Waals surface area contributed by atoms with Crippen LogP contribution in [0.4, 0.5) is 0 Å². The summed E-state index contributed by atoms with van der Waals surface area (Å²) in [5.41, 5.74) is 22.0. The van der Waals surface area contributed by atoms with Crippen molar-refractivity contribution in [1.82, 2.24) is 9.97 Å². The van der Waals surface area contributed by atoms with Crippen molar-refractivity contribution >= 4 is 33.7 Å². The van der Waals surface area contributed by atoms with E-state index in [2.05, 4.69) is 246 Å². The predicted octanol–water partition coefficient (Wildman–Crippen LogP) is 14.7. The summed E-state index contributed by atoms with van der Waals surface area (Å²) < 4.78 is 0. The summed E-state index contributed by atoms with van der Waals surface area (Å²) in [7, 11) is 0. The Kier molecular flexibility index (Phi) is 11.3. The van der Waals surface area contributed by atoms with Gasteiger partial charge in [0.1, 0.15) is 12.1 Å². The van der Waals surface area contributed by atoms with Crippen LogP contribution in [0.25, 0.3) is 44.8 Å². The lowest BCUT2D eigenvalue weighted by atomic mass is 9.73. The SMILES string of the molecule is Cc1ccc(C(=C2c3nc(-c4ccccc4)c(-c4ccccc4)nc3C(=C(c3ccc(C)cc3)c3ccc(C)cc3)C3N=C(c4ccccc4)C(c4ccccc4)=NC23)c2ccc(C)cc2)cc1. The first-order chi connectivity index (χ1) is 33.4. The zero-order valence-electron chi connectivity index (χ0n) is 38.7. The highest BCUT2D eigenvalue weighted by atomic mass is 15.0. The van der Waals surface area contributed by atoms with E-state index in [0.29, 0.717) is 0 Å². The maximum Gasteiger partial charge on any atom is 0.105 e. The van der Waals surface area contributed by atoms with E-state index in [1.54, 1.807) is 0 Å². The third-order valence-electron chi connectivity index (χ3n) is 13.1. The van der Waals surface area contributed by atoms with Crippen LogP contribution in [0.2, 0.25) is 0 Å². The second-order valence-electron chi connectivity index (χ2n) is 18.0. The van der Waals surface area contributed by atoms with E-state index in [4.69, 9.17) is 20.0 Å². The zero-order chi connectivity index (χ0) is 46.1. The van der Waals surface area contributed by atoms with Gasteiger partial charge in [-0.05, 0) is 61.1 Å². The highest BCUT2D eigenvalue weighted by Gasteiger charge is 2.45. The first-order valence-corrected chi connectivity index (χ1v) is 23.4. The zero-order valence-corrected chi connectivity index (χ0v) is 38.7. The fraction of sp³-hybridized carbons (Fsp3) is 0.0938. The smallest absolute Gasteiger partial charge is 0.105 e. The summed E-state index contributed by atoms with van der Waals surface area (Å²) in [6, 6.07) is 76.6. The number of nitrogens with zero attached hydrogens (tertiary/aromatic N) is 4. The molecule has 0 spiro atoms. The number of aromatic nitrogens is 2. The fourth-order valence-electron chi connectivity index (χ4n) is 9.66. The van der Waals surface area contributed by atoms with E-state index in [-0.39, 0.29) is 0 Å². The fourth-order valence-corrected chi connectivity index (χ4v) is 9.66. The standard InChI is InChI=1S/C64H50N4/c1-41-25-33-45(34-26-41)53(46-35-27-42(2)28-36-46)55-61-63(67-59(51-21-13-7-14-22-51)57(65-61)49-17-9-5-10-18-49)56(54(47-37-29-43(3)30-38-47)48-39-31-44(4)32-40-48)64-62(55)66-58(50-19-11-6-12-20-50)60(68-64)52-23-15-8-16-24-52/h5-40,61,63H,1-4H3. The third kappa shape index (κ3) is 8.05. The molecule has 2 heterocycles. The van der Waals surface area contributed by atoms with Gasteiger partial charge in [0.2, 0.25) is 0 Å². The Bertz CT molecular complexity index is 3080. The van der Waals surface area contributed by atoms with E-state index < -0.39 is 12.1 Å². The summed E-state index contributed by atoms with van der Waals surface area (Å²) in [4.78, 5) is 24.1. The van der Waals surface area contributed by atoms with Crippen LogP contribution < -0.4 is 0 Å². The molecule has 11 rings (SSSR count). The van der Waals surface area contributed by atoms with Crippen LogP contribution >= 0.6 is 0 Å². The van der Waals surface area contributed by atoms with Crippen LogP contribution in [0.3, 0.4) is 0 Å². The topological polar surface area (TPSA) is 50.5 Å². The summed E-state index contributed by atoms with van der Waals surface area (Å²) in [6.45, 7) is 8.57. The first kappa shape index (κ1) is 42.3. The van der Waals surface area contributed by atoms with Crippen LogP contribution in [0, 0.1) is 27.7 Å². The molecule has 2 atom stereocenters. The average molecular weight is 875 g/mol. The molecule has 0 saturated carbocycles. The Labute approximate surface area is 399 Å². The number of hydrogen-bond donors (Lipinski definition) is 0. The molecule has 1 aromatic heterocycles. The second-order valence-corrected chi connectivity index (χ2v) is 18.0. The Hall–Kier alpha value is -8.34. The Balaban J connectivity index is 1.38. The number of rotatable bonds is 8. The van der Waals surface area contributed by atoms with Crippen molar-refractivity contribution < 1.29 is 0 Å². The normalized spacial score (nSPS) is 15.2. The molecule has 0 bridgehead atoms. The van der Waals surface area contributed by atoms with Crippen LogP contribution in [-0.2, 0) is 0 Å². The summed E-state index contributed by atoms with van der Waals surface area (Å²) >= 11 is 0. The number of aliphatic imine (C=N–C) groups is 2. The van der Waals surface area contributed by atoms with Crippen molar-refractivity contribution in [1.29, 1.82) is 0 Å². The molecule has 2 unspecified atom stereocenters. The number of hydrogen-bond acceptors (Lipinski definition) is 4. The van der Waals surface area contributed by atoms with Gasteiger partial charge in [-0.2, -0.15) is 0 Å². The average Bonchev–Trinajstić information content (AvgIpc) is 3.39. The predicted molar refractivity (Wildman–Crippen MR) is 283 cm³/mol. The van der Waals surface area contributed by atoms with Gasteiger partial charge in [-0.3, -0.25) is 9.98 Å². The Morgan fingerprint density at radius 2 is 0.529 bits per heavy atom. The molecular weight excluding hydrogens is 825 g/mol. The minimum absolute atomic E-state index is 0.524. The first-order valence-electron chi connectivity index (χ1n) is 23.4. The molecule has 9 aromatic rings. The molecule has 326 valence electrons. The van der Waals surface area contributed by atoms with Crippen LogP contribution in [0.5, 0.6) is 0 Å². The van der Waals surface area contributed by atoms with Gasteiger partial charge in [-0.15, -0.1) is 0 Å². The van der Waals surface area contributed by atoms with Gasteiger partial charge in [-0.25, -0.2) is 9.97 Å². The van der Waals surface area contributed by atoms with Gasteiger partial charge in [0, 0.05) is 33.4 Å². The lowest BCUT2D eigenvalue weighted by Gasteiger charge is -2.39. The van der Waals surface area contributed by atoms with Gasteiger partial charge in [0.05, 0.1) is 34.2 Å². The minimum Gasteiger partial charge on any atom is -0.272 e. The van der Waals surface area contributed by atoms with E-state index in [1.807, 2.05) is 0 Å². The number of benzene rings is 8. The molecule has 1 aliphatic heterocycles.